The predicted octanol–water partition coefficient (Wildman–Crippen LogP) is 3.90. The van der Waals surface area contributed by atoms with Crippen molar-refractivity contribution in [3.8, 4) is 0 Å². The van der Waals surface area contributed by atoms with Crippen molar-refractivity contribution in [1.82, 2.24) is 9.88 Å². The van der Waals surface area contributed by atoms with Crippen molar-refractivity contribution in [3.05, 3.63) is 65.7 Å². The Hall–Kier alpha value is -3.14. The van der Waals surface area contributed by atoms with Gasteiger partial charge in [-0.25, -0.2) is 14.6 Å². The molecule has 10 heteroatoms. The number of para-hydroxylation sites is 1. The van der Waals surface area contributed by atoms with Crippen LogP contribution in [0, 0.1) is 0 Å². The van der Waals surface area contributed by atoms with Crippen LogP contribution in [0.5, 0.6) is 0 Å². The Kier molecular flexibility index (Phi) is 9.05. The van der Waals surface area contributed by atoms with Crippen LogP contribution in [0.15, 0.2) is 60.7 Å². The monoisotopic (exact) mass is 488 g/mol. The first-order valence-electron chi connectivity index (χ1n) is 10.4. The Morgan fingerprint density at radius 1 is 1.00 bits per heavy atom. The van der Waals surface area contributed by atoms with Crippen LogP contribution in [-0.4, -0.2) is 71.3 Å². The van der Waals surface area contributed by atoms with Crippen LogP contribution in [0.4, 0.5) is 10.8 Å². The lowest BCUT2D eigenvalue weighted by atomic mass is 10.2. The highest BCUT2D eigenvalue weighted by molar-refractivity contribution is 7.22. The van der Waals surface area contributed by atoms with Gasteiger partial charge < -0.3 is 20.4 Å². The summed E-state index contributed by atoms with van der Waals surface area (Å²) in [6.07, 6.45) is 1.12. The summed E-state index contributed by atoms with van der Waals surface area (Å²) in [5.41, 5.74) is 2.34. The summed E-state index contributed by atoms with van der Waals surface area (Å²) < 4.78 is 1.24. The van der Waals surface area contributed by atoms with Gasteiger partial charge in [0.05, 0.1) is 10.2 Å². The molecule has 0 bridgehead atoms. The minimum atomic E-state index is -1.26. The number of carbonyl (C=O) groups is 2. The molecule has 0 aliphatic carbocycles. The lowest BCUT2D eigenvalue weighted by molar-refractivity contribution is -0.134. The van der Waals surface area contributed by atoms with Crippen LogP contribution < -0.4 is 10.2 Å². The number of carboxylic acid groups (broad SMARTS) is 2. The van der Waals surface area contributed by atoms with E-state index in [1.165, 1.54) is 10.4 Å². The molecule has 2 heterocycles. The number of rotatable bonds is 7. The predicted molar refractivity (Wildman–Crippen MR) is 133 cm³/mol. The summed E-state index contributed by atoms with van der Waals surface area (Å²) in [6.45, 7) is 6.27. The van der Waals surface area contributed by atoms with E-state index in [0.717, 1.165) is 54.9 Å². The van der Waals surface area contributed by atoms with E-state index in [-0.39, 0.29) is 0 Å². The SMILES string of the molecule is Clc1ccc(N2CCN(CCNc3nc4ccccc4s3)CC2)cc1.O=C(O)/C=C/C(=O)O. The van der Waals surface area contributed by atoms with Gasteiger partial charge in [-0.2, -0.15) is 0 Å². The number of anilines is 2. The van der Waals surface area contributed by atoms with E-state index >= 15 is 0 Å². The van der Waals surface area contributed by atoms with Gasteiger partial charge in [-0.15, -0.1) is 0 Å². The lowest BCUT2D eigenvalue weighted by Gasteiger charge is -2.36. The molecule has 174 valence electrons. The molecule has 8 nitrogen and oxygen atoms in total. The molecule has 0 amide bonds. The zero-order chi connectivity index (χ0) is 23.6. The van der Waals surface area contributed by atoms with Crippen molar-refractivity contribution >= 4 is 55.9 Å². The summed E-state index contributed by atoms with van der Waals surface area (Å²) in [4.78, 5) is 28.7. The highest BCUT2D eigenvalue weighted by Gasteiger charge is 2.16. The molecule has 1 aromatic heterocycles. The molecule has 4 rings (SSSR count). The summed E-state index contributed by atoms with van der Waals surface area (Å²) in [6, 6.07) is 16.4. The fourth-order valence-corrected chi connectivity index (χ4v) is 4.31. The Morgan fingerprint density at radius 2 is 1.64 bits per heavy atom. The molecule has 33 heavy (non-hydrogen) atoms. The molecule has 1 saturated heterocycles. The van der Waals surface area contributed by atoms with E-state index in [1.807, 2.05) is 18.2 Å². The standard InChI is InChI=1S/C19H21ClN4S.C4H4O4/c20-15-5-7-16(8-6-15)24-13-11-23(12-14-24)10-9-21-19-22-17-3-1-2-4-18(17)25-19;5-3(6)1-2-4(7)8/h1-8H,9-14H2,(H,21,22);1-2H,(H,5,6)(H,7,8)/b;2-1+. The summed E-state index contributed by atoms with van der Waals surface area (Å²) in [5, 5.41) is 20.9. The topological polar surface area (TPSA) is 106 Å². The maximum Gasteiger partial charge on any atom is 0.328 e. The number of nitrogens with zero attached hydrogens (tertiary/aromatic N) is 3. The van der Waals surface area contributed by atoms with Gasteiger partial charge >= 0.3 is 11.9 Å². The second-order valence-electron chi connectivity index (χ2n) is 7.23. The number of hydrogen-bond donors (Lipinski definition) is 3. The smallest absolute Gasteiger partial charge is 0.328 e. The Balaban J connectivity index is 0.000000331. The van der Waals surface area contributed by atoms with E-state index in [4.69, 9.17) is 21.8 Å². The molecular weight excluding hydrogens is 464 g/mol. The Bertz CT molecular complexity index is 1050. The third kappa shape index (κ3) is 8.05. The molecule has 1 fully saturated rings. The van der Waals surface area contributed by atoms with Gasteiger partial charge in [0.25, 0.3) is 0 Å². The fourth-order valence-electron chi connectivity index (χ4n) is 3.29. The second-order valence-corrected chi connectivity index (χ2v) is 8.70. The number of carboxylic acids is 2. The lowest BCUT2D eigenvalue weighted by Crippen LogP contribution is -2.47. The van der Waals surface area contributed by atoms with Crippen molar-refractivity contribution < 1.29 is 19.8 Å². The summed E-state index contributed by atoms with van der Waals surface area (Å²) >= 11 is 7.69. The number of piperazine rings is 1. The summed E-state index contributed by atoms with van der Waals surface area (Å²) in [5.74, 6) is -2.51. The molecule has 0 spiro atoms. The number of halogens is 1. The molecule has 0 radical (unpaired) electrons. The van der Waals surface area contributed by atoms with E-state index in [1.54, 1.807) is 11.3 Å². The molecule has 2 aromatic carbocycles. The average molecular weight is 489 g/mol. The molecule has 1 aliphatic heterocycles. The van der Waals surface area contributed by atoms with Crippen LogP contribution >= 0.6 is 22.9 Å². The van der Waals surface area contributed by atoms with Gasteiger partial charge in [0, 0.05) is 62.1 Å². The van der Waals surface area contributed by atoms with Gasteiger partial charge in [0.1, 0.15) is 0 Å². The maximum absolute atomic E-state index is 9.55. The number of thiazole rings is 1. The zero-order valence-corrected chi connectivity index (χ0v) is 19.4. The Labute approximate surface area is 200 Å². The fraction of sp³-hybridized carbons (Fsp3) is 0.261. The van der Waals surface area contributed by atoms with E-state index in [9.17, 15) is 9.59 Å². The molecule has 0 saturated carbocycles. The first-order valence-corrected chi connectivity index (χ1v) is 11.6. The van der Waals surface area contributed by atoms with Crippen molar-refractivity contribution in [2.75, 3.05) is 49.5 Å². The normalized spacial score (nSPS) is 14.2. The van der Waals surface area contributed by atoms with Crippen molar-refractivity contribution in [2.24, 2.45) is 0 Å². The Morgan fingerprint density at radius 3 is 2.24 bits per heavy atom. The first-order chi connectivity index (χ1) is 15.9. The van der Waals surface area contributed by atoms with E-state index in [2.05, 4.69) is 50.4 Å². The second kappa shape index (κ2) is 12.2. The molecule has 0 atom stereocenters. The van der Waals surface area contributed by atoms with Gasteiger partial charge in [-0.1, -0.05) is 35.1 Å². The third-order valence-corrected chi connectivity index (χ3v) is 6.18. The first kappa shape index (κ1) is 24.5. The van der Waals surface area contributed by atoms with Crippen molar-refractivity contribution in [3.63, 3.8) is 0 Å². The summed E-state index contributed by atoms with van der Waals surface area (Å²) in [7, 11) is 0. The molecular formula is C23H25ClN4O4S. The largest absolute Gasteiger partial charge is 0.478 e. The van der Waals surface area contributed by atoms with Gasteiger partial charge in [-0.05, 0) is 36.4 Å². The highest BCUT2D eigenvalue weighted by Crippen LogP contribution is 2.25. The minimum Gasteiger partial charge on any atom is -0.478 e. The van der Waals surface area contributed by atoms with Gasteiger partial charge in [0.2, 0.25) is 0 Å². The van der Waals surface area contributed by atoms with E-state index in [0.29, 0.717) is 12.2 Å². The number of hydrogen-bond acceptors (Lipinski definition) is 7. The van der Waals surface area contributed by atoms with Crippen LogP contribution in [0.1, 0.15) is 0 Å². The molecule has 3 N–H and O–H groups in total. The zero-order valence-electron chi connectivity index (χ0n) is 17.9. The number of aliphatic carboxylic acids is 2. The van der Waals surface area contributed by atoms with Crippen LogP contribution in [-0.2, 0) is 9.59 Å². The van der Waals surface area contributed by atoms with Crippen LogP contribution in [0.2, 0.25) is 5.02 Å². The van der Waals surface area contributed by atoms with Crippen molar-refractivity contribution in [2.45, 2.75) is 0 Å². The number of benzene rings is 2. The van der Waals surface area contributed by atoms with Crippen LogP contribution in [0.3, 0.4) is 0 Å². The maximum atomic E-state index is 9.55. The molecule has 0 unspecified atom stereocenters. The van der Waals surface area contributed by atoms with Gasteiger partial charge in [0.15, 0.2) is 5.13 Å². The van der Waals surface area contributed by atoms with Gasteiger partial charge in [-0.3, -0.25) is 4.90 Å². The number of aromatic nitrogens is 1. The average Bonchev–Trinajstić information content (AvgIpc) is 3.22. The van der Waals surface area contributed by atoms with Crippen LogP contribution in [0.25, 0.3) is 10.2 Å². The van der Waals surface area contributed by atoms with E-state index < -0.39 is 11.9 Å². The number of fused-ring (bicyclic) bond motifs is 1. The van der Waals surface area contributed by atoms with Crippen molar-refractivity contribution in [1.29, 1.82) is 0 Å². The quantitative estimate of drug-likeness (QED) is 0.430. The third-order valence-electron chi connectivity index (χ3n) is 4.93. The number of nitrogens with one attached hydrogen (secondary N) is 1. The minimum absolute atomic E-state index is 0.558. The molecule has 1 aliphatic rings. The highest BCUT2D eigenvalue weighted by atomic mass is 35.5. The molecule has 3 aromatic rings.